The molecule has 0 saturated heterocycles. The molecule has 1 N–H and O–H groups in total. The Bertz CT molecular complexity index is 762. The molecule has 0 unspecified atom stereocenters. The molecule has 106 valence electrons. The van der Waals surface area contributed by atoms with Gasteiger partial charge in [-0.15, -0.1) is 11.3 Å². The molecule has 0 saturated carbocycles. The van der Waals surface area contributed by atoms with Gasteiger partial charge < -0.3 is 9.72 Å². The van der Waals surface area contributed by atoms with Crippen LogP contribution in [0, 0.1) is 0 Å². The Balaban J connectivity index is 1.51. The molecule has 4 rings (SSSR count). The van der Waals surface area contributed by atoms with Crippen LogP contribution in [0.5, 0.6) is 0 Å². The first-order chi connectivity index (χ1) is 10.4. The lowest BCUT2D eigenvalue weighted by Gasteiger charge is -1.97. The van der Waals surface area contributed by atoms with Crippen molar-refractivity contribution < 1.29 is 4.74 Å². The number of aromatic nitrogens is 3. The Kier molecular flexibility index (Phi) is 3.36. The predicted molar refractivity (Wildman–Crippen MR) is 85.1 cm³/mol. The number of H-pyrrole nitrogens is 1. The Morgan fingerprint density at radius 2 is 2.38 bits per heavy atom. The highest BCUT2D eigenvalue weighted by molar-refractivity contribution is 7.98. The molecule has 3 aromatic rings. The standard InChI is InChI=1S/C14H12N4OS2/c1-2-4-15-9(3-1)8-20-14-17-10-7-11(21-13(10)18-14)12-16-5-6-19-12/h1-4,7H,5-6,8H2,(H,17,18). The topological polar surface area (TPSA) is 63.2 Å². The number of thioether (sulfide) groups is 1. The molecule has 0 spiro atoms. The van der Waals surface area contributed by atoms with Crippen LogP contribution in [-0.4, -0.2) is 34.0 Å². The van der Waals surface area contributed by atoms with Crippen LogP contribution in [0.2, 0.25) is 0 Å². The monoisotopic (exact) mass is 316 g/mol. The highest BCUT2D eigenvalue weighted by Gasteiger charge is 2.16. The summed E-state index contributed by atoms with van der Waals surface area (Å²) >= 11 is 3.27. The maximum Gasteiger partial charge on any atom is 0.226 e. The van der Waals surface area contributed by atoms with E-state index < -0.39 is 0 Å². The molecular weight excluding hydrogens is 304 g/mol. The fraction of sp³-hybridized carbons (Fsp3) is 0.214. The normalized spacial score (nSPS) is 14.4. The first-order valence-electron chi connectivity index (χ1n) is 6.58. The van der Waals surface area contributed by atoms with E-state index in [1.54, 1.807) is 23.1 Å². The zero-order valence-electron chi connectivity index (χ0n) is 11.1. The van der Waals surface area contributed by atoms with Gasteiger partial charge >= 0.3 is 0 Å². The second-order valence-corrected chi connectivity index (χ2v) is 6.51. The lowest BCUT2D eigenvalue weighted by atomic mass is 10.4. The highest BCUT2D eigenvalue weighted by atomic mass is 32.2. The smallest absolute Gasteiger partial charge is 0.226 e. The molecule has 0 bridgehead atoms. The number of imidazole rings is 1. The number of rotatable bonds is 4. The summed E-state index contributed by atoms with van der Waals surface area (Å²) in [6.07, 6.45) is 1.81. The number of pyridine rings is 1. The van der Waals surface area contributed by atoms with Gasteiger partial charge in [0.2, 0.25) is 5.90 Å². The largest absolute Gasteiger partial charge is 0.475 e. The van der Waals surface area contributed by atoms with E-state index >= 15 is 0 Å². The van der Waals surface area contributed by atoms with E-state index in [0.29, 0.717) is 6.61 Å². The average molecular weight is 316 g/mol. The molecular formula is C14H12N4OS2. The molecule has 1 aliphatic rings. The molecule has 3 aromatic heterocycles. The summed E-state index contributed by atoms with van der Waals surface area (Å²) in [5, 5.41) is 0.919. The highest BCUT2D eigenvalue weighted by Crippen LogP contribution is 2.29. The minimum absolute atomic E-state index is 0.680. The average Bonchev–Trinajstić information content (AvgIpc) is 3.21. The first kappa shape index (κ1) is 12.8. The van der Waals surface area contributed by atoms with Crippen molar-refractivity contribution in [2.45, 2.75) is 10.9 Å². The summed E-state index contributed by atoms with van der Waals surface area (Å²) in [5.74, 6) is 1.55. The van der Waals surface area contributed by atoms with Gasteiger partial charge in [-0.25, -0.2) is 9.98 Å². The molecule has 0 amide bonds. The zero-order chi connectivity index (χ0) is 14.1. The van der Waals surface area contributed by atoms with Crippen LogP contribution in [0.25, 0.3) is 10.3 Å². The fourth-order valence-electron chi connectivity index (χ4n) is 2.07. The zero-order valence-corrected chi connectivity index (χ0v) is 12.7. The van der Waals surface area contributed by atoms with Crippen LogP contribution in [0.4, 0.5) is 0 Å². The maximum absolute atomic E-state index is 5.48. The molecule has 5 nitrogen and oxygen atoms in total. The van der Waals surface area contributed by atoms with Gasteiger partial charge in [0.1, 0.15) is 11.4 Å². The van der Waals surface area contributed by atoms with Gasteiger partial charge in [0.05, 0.1) is 22.6 Å². The summed E-state index contributed by atoms with van der Waals surface area (Å²) in [4.78, 5) is 18.6. The third-order valence-electron chi connectivity index (χ3n) is 3.04. The van der Waals surface area contributed by atoms with Crippen molar-refractivity contribution in [3.63, 3.8) is 0 Å². The number of hydrogen-bond acceptors (Lipinski definition) is 6. The molecule has 0 radical (unpaired) electrons. The minimum atomic E-state index is 0.680. The Hall–Kier alpha value is -1.86. The van der Waals surface area contributed by atoms with E-state index in [1.165, 1.54) is 0 Å². The van der Waals surface area contributed by atoms with Gasteiger partial charge in [-0.2, -0.15) is 0 Å². The Labute approximate surface area is 129 Å². The summed E-state index contributed by atoms with van der Waals surface area (Å²) < 4.78 is 5.48. The second-order valence-electron chi connectivity index (χ2n) is 4.52. The van der Waals surface area contributed by atoms with Gasteiger partial charge in [0.25, 0.3) is 0 Å². The third-order valence-corrected chi connectivity index (χ3v) is 4.96. The van der Waals surface area contributed by atoms with E-state index in [0.717, 1.165) is 44.3 Å². The van der Waals surface area contributed by atoms with E-state index in [9.17, 15) is 0 Å². The predicted octanol–water partition coefficient (Wildman–Crippen LogP) is 3.09. The molecule has 21 heavy (non-hydrogen) atoms. The van der Waals surface area contributed by atoms with Gasteiger partial charge in [0, 0.05) is 11.9 Å². The SMILES string of the molecule is c1ccc(CSc2nc3sc(C4=NCCO4)cc3[nH]2)nc1. The summed E-state index contributed by atoms with van der Waals surface area (Å²) in [6, 6.07) is 8.00. The van der Waals surface area contributed by atoms with Crippen molar-refractivity contribution in [1.82, 2.24) is 15.0 Å². The summed E-state index contributed by atoms with van der Waals surface area (Å²) in [6.45, 7) is 1.43. The Morgan fingerprint density at radius 1 is 1.38 bits per heavy atom. The van der Waals surface area contributed by atoms with Crippen molar-refractivity contribution in [3.05, 3.63) is 41.0 Å². The van der Waals surface area contributed by atoms with Gasteiger partial charge in [-0.1, -0.05) is 17.8 Å². The number of ether oxygens (including phenoxy) is 1. The Morgan fingerprint density at radius 3 is 3.14 bits per heavy atom. The van der Waals surface area contributed by atoms with Crippen LogP contribution < -0.4 is 0 Å². The number of thiophene rings is 1. The molecule has 1 aliphatic heterocycles. The number of nitrogens with one attached hydrogen (secondary N) is 1. The van der Waals surface area contributed by atoms with Crippen molar-refractivity contribution in [2.24, 2.45) is 4.99 Å². The van der Waals surface area contributed by atoms with Crippen molar-refractivity contribution in [2.75, 3.05) is 13.2 Å². The van der Waals surface area contributed by atoms with E-state index in [4.69, 9.17) is 4.74 Å². The first-order valence-corrected chi connectivity index (χ1v) is 8.38. The molecule has 0 atom stereocenters. The van der Waals surface area contributed by atoms with Gasteiger partial charge in [-0.05, 0) is 18.2 Å². The number of hydrogen-bond donors (Lipinski definition) is 1. The van der Waals surface area contributed by atoms with Gasteiger partial charge in [-0.3, -0.25) is 4.98 Å². The summed E-state index contributed by atoms with van der Waals surface area (Å²) in [7, 11) is 0. The van der Waals surface area contributed by atoms with Crippen molar-refractivity contribution in [3.8, 4) is 0 Å². The molecule has 0 fully saturated rings. The number of aromatic amines is 1. The lowest BCUT2D eigenvalue weighted by Crippen LogP contribution is -1.97. The van der Waals surface area contributed by atoms with Gasteiger partial charge in [0.15, 0.2) is 5.16 Å². The second kappa shape index (κ2) is 5.50. The van der Waals surface area contributed by atoms with Crippen LogP contribution in [-0.2, 0) is 10.5 Å². The number of fused-ring (bicyclic) bond motifs is 1. The van der Waals surface area contributed by atoms with Crippen LogP contribution in [0.15, 0.2) is 40.6 Å². The van der Waals surface area contributed by atoms with Crippen molar-refractivity contribution in [1.29, 1.82) is 0 Å². The van der Waals surface area contributed by atoms with Crippen LogP contribution in [0.3, 0.4) is 0 Å². The number of aliphatic imine (C=N–C) groups is 1. The third kappa shape index (κ3) is 2.66. The lowest BCUT2D eigenvalue weighted by molar-refractivity contribution is 0.349. The number of nitrogens with zero attached hydrogens (tertiary/aromatic N) is 3. The molecule has 0 aliphatic carbocycles. The summed E-state index contributed by atoms with van der Waals surface area (Å²) in [5.41, 5.74) is 2.09. The van der Waals surface area contributed by atoms with Crippen LogP contribution >= 0.6 is 23.1 Å². The fourth-order valence-corrected chi connectivity index (χ4v) is 3.88. The van der Waals surface area contributed by atoms with E-state index in [-0.39, 0.29) is 0 Å². The van der Waals surface area contributed by atoms with Crippen molar-refractivity contribution >= 4 is 39.3 Å². The maximum atomic E-state index is 5.48. The van der Waals surface area contributed by atoms with E-state index in [1.807, 2.05) is 24.4 Å². The minimum Gasteiger partial charge on any atom is -0.475 e. The molecule has 4 heterocycles. The molecule has 0 aromatic carbocycles. The quantitative estimate of drug-likeness (QED) is 0.751. The molecule has 7 heteroatoms. The van der Waals surface area contributed by atoms with Crippen LogP contribution in [0.1, 0.15) is 10.6 Å². The van der Waals surface area contributed by atoms with E-state index in [2.05, 4.69) is 26.0 Å².